The van der Waals surface area contributed by atoms with Gasteiger partial charge in [0.15, 0.2) is 0 Å². The summed E-state index contributed by atoms with van der Waals surface area (Å²) in [6.07, 6.45) is 21.7. The largest absolute Gasteiger partial charge is 0.381 e. The number of fused-ring (bicyclic) bond motifs is 3. The van der Waals surface area contributed by atoms with Crippen molar-refractivity contribution in [3.63, 3.8) is 0 Å². The molecule has 2 nitrogen and oxygen atoms in total. The topological polar surface area (TPSA) is 15.3 Å². The van der Waals surface area contributed by atoms with Crippen molar-refractivity contribution in [2.45, 2.75) is 32.2 Å². The molecule has 3 heterocycles. The minimum Gasteiger partial charge on any atom is -0.381 e. The predicted molar refractivity (Wildman–Crippen MR) is 142 cm³/mol. The lowest BCUT2D eigenvalue weighted by Crippen LogP contribution is -2.37. The van der Waals surface area contributed by atoms with E-state index in [0.29, 0.717) is 12.0 Å². The Balaban J connectivity index is 1.43. The van der Waals surface area contributed by atoms with Crippen molar-refractivity contribution in [3.05, 3.63) is 137 Å². The maximum atomic E-state index is 3.64. The highest BCUT2D eigenvalue weighted by atomic mass is 15.2. The fourth-order valence-corrected chi connectivity index (χ4v) is 5.82. The molecule has 2 aromatic carbocycles. The smallest absolute Gasteiger partial charge is 0.0727 e. The lowest BCUT2D eigenvalue weighted by molar-refractivity contribution is 0.279. The third-order valence-electron chi connectivity index (χ3n) is 7.83. The fraction of sp³-hybridized carbons (Fsp3) is 0.250. The molecule has 34 heavy (non-hydrogen) atoms. The molecule has 0 radical (unpaired) electrons. The first kappa shape index (κ1) is 21.0. The van der Waals surface area contributed by atoms with E-state index in [1.54, 1.807) is 0 Å². The van der Waals surface area contributed by atoms with Crippen LogP contribution in [0.1, 0.15) is 54.5 Å². The molecular weight excluding hydrogens is 412 g/mol. The average Bonchev–Trinajstić information content (AvgIpc) is 2.89. The van der Waals surface area contributed by atoms with Crippen molar-refractivity contribution in [1.29, 1.82) is 0 Å². The maximum Gasteiger partial charge on any atom is 0.0727 e. The van der Waals surface area contributed by atoms with Crippen LogP contribution in [0.3, 0.4) is 0 Å². The Morgan fingerprint density at radius 2 is 1.74 bits per heavy atom. The molecule has 6 rings (SSSR count). The van der Waals surface area contributed by atoms with E-state index in [4.69, 9.17) is 0 Å². The Morgan fingerprint density at radius 1 is 0.941 bits per heavy atom. The number of hydrogen-bond acceptors (Lipinski definition) is 2. The minimum absolute atomic E-state index is 0.0572. The van der Waals surface area contributed by atoms with Gasteiger partial charge in [0.2, 0.25) is 0 Å². The summed E-state index contributed by atoms with van der Waals surface area (Å²) in [5.41, 5.74) is 9.63. The van der Waals surface area contributed by atoms with Crippen molar-refractivity contribution in [2.75, 3.05) is 13.1 Å². The summed E-state index contributed by atoms with van der Waals surface area (Å²) < 4.78 is 0. The van der Waals surface area contributed by atoms with Crippen LogP contribution < -0.4 is 5.32 Å². The van der Waals surface area contributed by atoms with E-state index in [2.05, 4.69) is 127 Å². The average molecular weight is 445 g/mol. The Labute approximate surface area is 203 Å². The molecule has 1 N–H and O–H groups in total. The number of benzene rings is 2. The lowest BCUT2D eigenvalue weighted by atomic mass is 9.74. The van der Waals surface area contributed by atoms with E-state index in [0.717, 1.165) is 19.5 Å². The molecule has 0 aromatic heterocycles. The van der Waals surface area contributed by atoms with Gasteiger partial charge >= 0.3 is 0 Å². The summed E-state index contributed by atoms with van der Waals surface area (Å²) in [6, 6.07) is 18.3. The molecule has 2 heteroatoms. The van der Waals surface area contributed by atoms with Gasteiger partial charge in [0, 0.05) is 41.9 Å². The minimum atomic E-state index is 0.0572. The molecule has 0 bridgehead atoms. The number of hydrogen-bond donors (Lipinski definition) is 1. The molecule has 170 valence electrons. The zero-order chi connectivity index (χ0) is 23.1. The van der Waals surface area contributed by atoms with E-state index in [9.17, 15) is 0 Å². The van der Waals surface area contributed by atoms with Crippen LogP contribution in [0.5, 0.6) is 0 Å². The first-order valence-electron chi connectivity index (χ1n) is 12.4. The molecule has 0 saturated heterocycles. The van der Waals surface area contributed by atoms with Crippen LogP contribution in [0.2, 0.25) is 0 Å². The van der Waals surface area contributed by atoms with Gasteiger partial charge in [-0.05, 0) is 41.7 Å². The van der Waals surface area contributed by atoms with E-state index in [1.807, 2.05) is 0 Å². The second-order valence-electron chi connectivity index (χ2n) is 10.2. The summed E-state index contributed by atoms with van der Waals surface area (Å²) >= 11 is 0. The normalized spacial score (nSPS) is 27.2. The molecule has 0 fully saturated rings. The van der Waals surface area contributed by atoms with Crippen LogP contribution in [0, 0.1) is 5.41 Å². The summed E-state index contributed by atoms with van der Waals surface area (Å²) in [4.78, 5) is 2.57. The first-order chi connectivity index (χ1) is 16.6. The van der Waals surface area contributed by atoms with Gasteiger partial charge in [-0.3, -0.25) is 0 Å². The van der Waals surface area contributed by atoms with Crippen molar-refractivity contribution < 1.29 is 0 Å². The highest BCUT2D eigenvalue weighted by Crippen LogP contribution is 2.46. The summed E-state index contributed by atoms with van der Waals surface area (Å²) in [5, 5.41) is 3.64. The van der Waals surface area contributed by atoms with E-state index in [-0.39, 0.29) is 5.41 Å². The molecule has 2 unspecified atom stereocenters. The van der Waals surface area contributed by atoms with Crippen LogP contribution in [-0.2, 0) is 0 Å². The summed E-state index contributed by atoms with van der Waals surface area (Å²) in [7, 11) is 0. The second-order valence-corrected chi connectivity index (χ2v) is 10.2. The Morgan fingerprint density at radius 3 is 2.50 bits per heavy atom. The second kappa shape index (κ2) is 8.36. The summed E-state index contributed by atoms with van der Waals surface area (Å²) in [6.45, 7) is 6.41. The monoisotopic (exact) mass is 444 g/mol. The van der Waals surface area contributed by atoms with E-state index in [1.165, 1.54) is 39.1 Å². The highest BCUT2D eigenvalue weighted by Gasteiger charge is 2.36. The number of rotatable bonds is 3. The number of nitrogens with one attached hydrogen (secondary N) is 1. The molecule has 0 amide bonds. The predicted octanol–water partition coefficient (Wildman–Crippen LogP) is 7.04. The standard InChI is InChI=1S/C32H32N2/c1-23-14-16-30(33-20-23)27-12-6-4-10-25(27)29-22-34-21-24(32(2)18-8-3-9-19-32)15-17-31(34)28-13-7-5-11-26(28)29/h3-18,21,29,31,33H,19-20,22H2,1-2H3/t29-,31?,32?/m1/s1. The van der Waals surface area contributed by atoms with Crippen molar-refractivity contribution in [3.8, 4) is 0 Å². The maximum absolute atomic E-state index is 3.64. The van der Waals surface area contributed by atoms with Crippen molar-refractivity contribution >= 4 is 5.70 Å². The highest BCUT2D eigenvalue weighted by molar-refractivity contribution is 5.71. The van der Waals surface area contributed by atoms with Gasteiger partial charge < -0.3 is 10.2 Å². The summed E-state index contributed by atoms with van der Waals surface area (Å²) in [5.74, 6) is 0.317. The molecule has 0 saturated carbocycles. The van der Waals surface area contributed by atoms with Crippen LogP contribution >= 0.6 is 0 Å². The molecule has 4 aliphatic rings. The molecular formula is C32H32N2. The molecule has 1 aliphatic carbocycles. The van der Waals surface area contributed by atoms with Gasteiger partial charge in [-0.1, -0.05) is 104 Å². The quantitative estimate of drug-likeness (QED) is 0.546. The lowest BCUT2D eigenvalue weighted by Gasteiger charge is -2.44. The van der Waals surface area contributed by atoms with Crippen LogP contribution in [0.4, 0.5) is 0 Å². The zero-order valence-electron chi connectivity index (χ0n) is 20.0. The molecule has 0 spiro atoms. The number of nitrogens with zero attached hydrogens (tertiary/aromatic N) is 1. The van der Waals surface area contributed by atoms with Gasteiger partial charge in [0.25, 0.3) is 0 Å². The Hall–Kier alpha value is -3.52. The SMILES string of the molecule is CC1=CC=C(c2ccccc2[C@H]2CN3C=C(C4(C)C=CC=CC4)C=CC3c3ccccc32)NC1. The molecule has 2 aromatic rings. The van der Waals surface area contributed by atoms with Gasteiger partial charge in [-0.25, -0.2) is 0 Å². The van der Waals surface area contributed by atoms with E-state index >= 15 is 0 Å². The van der Waals surface area contributed by atoms with Gasteiger partial charge in [-0.2, -0.15) is 0 Å². The van der Waals surface area contributed by atoms with Gasteiger partial charge in [0.1, 0.15) is 0 Å². The third-order valence-corrected chi connectivity index (χ3v) is 7.83. The number of dihydropyridines is 1. The van der Waals surface area contributed by atoms with Gasteiger partial charge in [0.05, 0.1) is 6.04 Å². The molecule has 3 atom stereocenters. The van der Waals surface area contributed by atoms with Crippen LogP contribution in [0.25, 0.3) is 5.70 Å². The fourth-order valence-electron chi connectivity index (χ4n) is 5.82. The van der Waals surface area contributed by atoms with E-state index < -0.39 is 0 Å². The van der Waals surface area contributed by atoms with Gasteiger partial charge in [-0.15, -0.1) is 0 Å². The first-order valence-corrected chi connectivity index (χ1v) is 12.4. The van der Waals surface area contributed by atoms with Crippen molar-refractivity contribution in [2.24, 2.45) is 5.41 Å². The van der Waals surface area contributed by atoms with Crippen LogP contribution in [0.15, 0.2) is 114 Å². The van der Waals surface area contributed by atoms with Crippen LogP contribution in [-0.4, -0.2) is 18.0 Å². The number of allylic oxidation sites excluding steroid dienone is 8. The Bertz CT molecular complexity index is 1300. The van der Waals surface area contributed by atoms with Crippen molar-refractivity contribution in [1.82, 2.24) is 10.2 Å². The zero-order valence-corrected chi connectivity index (χ0v) is 20.0. The third kappa shape index (κ3) is 3.58. The molecule has 3 aliphatic heterocycles. The Kier molecular flexibility index (Phi) is 5.17.